The first-order valence-corrected chi connectivity index (χ1v) is 3.62. The first-order chi connectivity index (χ1) is 4.77. The summed E-state index contributed by atoms with van der Waals surface area (Å²) in [5.41, 5.74) is 0. The van der Waals surface area contributed by atoms with E-state index < -0.39 is 0 Å². The van der Waals surface area contributed by atoms with Crippen LogP contribution in [0.25, 0.3) is 0 Å². The van der Waals surface area contributed by atoms with E-state index in [9.17, 15) is 0 Å². The van der Waals surface area contributed by atoms with Crippen LogP contribution < -0.4 is 5.32 Å². The molecule has 2 heteroatoms. The number of rotatable bonds is 5. The third-order valence-electron chi connectivity index (χ3n) is 0.991. The van der Waals surface area contributed by atoms with Crippen LogP contribution in [-0.4, -0.2) is 13.1 Å². The number of hydrogen-bond donors (Lipinski definition) is 1. The predicted octanol–water partition coefficient (Wildman–Crippen LogP) is 1.74. The second kappa shape index (κ2) is 6.67. The van der Waals surface area contributed by atoms with Gasteiger partial charge in [0.15, 0.2) is 0 Å². The van der Waals surface area contributed by atoms with Crippen LogP contribution in [-0.2, 0) is 0 Å². The highest BCUT2D eigenvalue weighted by molar-refractivity contribution is 6.29. The van der Waals surface area contributed by atoms with Crippen molar-refractivity contribution >= 4 is 11.6 Å². The molecule has 0 rings (SSSR count). The van der Waals surface area contributed by atoms with Gasteiger partial charge in [0.1, 0.15) is 0 Å². The standard InChI is InChI=1S/C8H12ClN/c1-3-4-5-6-10-7-8(2)9/h1,10H,2,4-7H2. The van der Waals surface area contributed by atoms with Crippen LogP contribution in [0.3, 0.4) is 0 Å². The van der Waals surface area contributed by atoms with Crippen molar-refractivity contribution in [2.24, 2.45) is 0 Å². The summed E-state index contributed by atoms with van der Waals surface area (Å²) in [4.78, 5) is 0. The summed E-state index contributed by atoms with van der Waals surface area (Å²) in [6.07, 6.45) is 6.87. The summed E-state index contributed by atoms with van der Waals surface area (Å²) in [6, 6.07) is 0. The van der Waals surface area contributed by atoms with Gasteiger partial charge in [0.2, 0.25) is 0 Å². The highest BCUT2D eigenvalue weighted by atomic mass is 35.5. The largest absolute Gasteiger partial charge is 0.312 e. The van der Waals surface area contributed by atoms with Crippen molar-refractivity contribution in [3.8, 4) is 12.3 Å². The molecule has 0 radical (unpaired) electrons. The first kappa shape index (κ1) is 9.55. The van der Waals surface area contributed by atoms with Gasteiger partial charge in [-0.25, -0.2) is 0 Å². The Bertz CT molecular complexity index is 135. The second-order valence-corrected chi connectivity index (χ2v) is 2.54. The zero-order chi connectivity index (χ0) is 7.82. The molecule has 0 aliphatic heterocycles. The fourth-order valence-corrected chi connectivity index (χ4v) is 0.634. The highest BCUT2D eigenvalue weighted by Gasteiger charge is 1.86. The van der Waals surface area contributed by atoms with Crippen molar-refractivity contribution in [3.05, 3.63) is 11.6 Å². The van der Waals surface area contributed by atoms with Gasteiger partial charge in [-0.1, -0.05) is 18.2 Å². The van der Waals surface area contributed by atoms with Gasteiger partial charge >= 0.3 is 0 Å². The van der Waals surface area contributed by atoms with Crippen LogP contribution >= 0.6 is 11.6 Å². The van der Waals surface area contributed by atoms with Crippen molar-refractivity contribution in [2.75, 3.05) is 13.1 Å². The quantitative estimate of drug-likeness (QED) is 0.474. The van der Waals surface area contributed by atoms with E-state index >= 15 is 0 Å². The normalized spacial score (nSPS) is 8.80. The topological polar surface area (TPSA) is 12.0 Å². The summed E-state index contributed by atoms with van der Waals surface area (Å²) < 4.78 is 0. The van der Waals surface area contributed by atoms with Crippen molar-refractivity contribution in [3.63, 3.8) is 0 Å². The number of unbranched alkanes of at least 4 members (excludes halogenated alkanes) is 1. The SMILES string of the molecule is C#CCCCNCC(=C)Cl. The molecule has 0 heterocycles. The Labute approximate surface area is 67.5 Å². The van der Waals surface area contributed by atoms with Crippen LogP contribution in [0.15, 0.2) is 11.6 Å². The van der Waals surface area contributed by atoms with Gasteiger partial charge in [-0.2, -0.15) is 0 Å². The van der Waals surface area contributed by atoms with E-state index in [1.54, 1.807) is 0 Å². The van der Waals surface area contributed by atoms with Gasteiger partial charge < -0.3 is 5.32 Å². The Hall–Kier alpha value is -0.450. The smallest absolute Gasteiger partial charge is 0.0307 e. The lowest BCUT2D eigenvalue weighted by molar-refractivity contribution is 0.703. The van der Waals surface area contributed by atoms with E-state index in [2.05, 4.69) is 17.8 Å². The lowest BCUT2D eigenvalue weighted by Crippen LogP contribution is -2.16. The summed E-state index contributed by atoms with van der Waals surface area (Å²) in [6.45, 7) is 5.12. The van der Waals surface area contributed by atoms with E-state index in [4.69, 9.17) is 18.0 Å². The van der Waals surface area contributed by atoms with E-state index in [0.29, 0.717) is 11.6 Å². The molecular formula is C8H12ClN. The van der Waals surface area contributed by atoms with Crippen LogP contribution in [0.2, 0.25) is 0 Å². The van der Waals surface area contributed by atoms with Gasteiger partial charge in [0.25, 0.3) is 0 Å². The number of nitrogens with one attached hydrogen (secondary N) is 1. The molecule has 0 unspecified atom stereocenters. The molecule has 56 valence electrons. The maximum atomic E-state index is 5.49. The molecule has 0 aliphatic rings. The molecule has 0 atom stereocenters. The predicted molar refractivity (Wildman–Crippen MR) is 45.9 cm³/mol. The Morgan fingerprint density at radius 1 is 1.70 bits per heavy atom. The average Bonchev–Trinajstić information content (AvgIpc) is 1.87. The molecule has 0 fully saturated rings. The Kier molecular flexibility index (Phi) is 6.37. The molecule has 1 nitrogen and oxygen atoms in total. The highest BCUT2D eigenvalue weighted by Crippen LogP contribution is 1.92. The molecule has 1 N–H and O–H groups in total. The van der Waals surface area contributed by atoms with Gasteiger partial charge in [-0.3, -0.25) is 0 Å². The molecule has 0 amide bonds. The molecule has 10 heavy (non-hydrogen) atoms. The minimum absolute atomic E-state index is 0.640. The van der Waals surface area contributed by atoms with Gasteiger partial charge in [0, 0.05) is 18.0 Å². The monoisotopic (exact) mass is 157 g/mol. The third kappa shape index (κ3) is 7.55. The fourth-order valence-electron chi connectivity index (χ4n) is 0.539. The molecule has 0 aromatic rings. The second-order valence-electron chi connectivity index (χ2n) is 2.00. The zero-order valence-corrected chi connectivity index (χ0v) is 6.75. The number of terminal acetylenes is 1. The maximum Gasteiger partial charge on any atom is 0.0307 e. The molecule has 0 aromatic carbocycles. The minimum atomic E-state index is 0.640. The zero-order valence-electron chi connectivity index (χ0n) is 5.99. The van der Waals surface area contributed by atoms with Crippen molar-refractivity contribution in [2.45, 2.75) is 12.8 Å². The summed E-state index contributed by atoms with van der Waals surface area (Å²) in [5.74, 6) is 2.56. The molecule has 0 aromatic heterocycles. The van der Waals surface area contributed by atoms with Crippen molar-refractivity contribution in [1.29, 1.82) is 0 Å². The summed E-state index contributed by atoms with van der Waals surface area (Å²) >= 11 is 5.49. The molecular weight excluding hydrogens is 146 g/mol. The van der Waals surface area contributed by atoms with E-state index in [1.807, 2.05) is 0 Å². The Morgan fingerprint density at radius 2 is 2.40 bits per heavy atom. The first-order valence-electron chi connectivity index (χ1n) is 3.25. The van der Waals surface area contributed by atoms with Gasteiger partial charge in [-0.15, -0.1) is 12.3 Å². The van der Waals surface area contributed by atoms with Crippen LogP contribution in [0, 0.1) is 12.3 Å². The molecule has 0 saturated carbocycles. The van der Waals surface area contributed by atoms with Crippen LogP contribution in [0.4, 0.5) is 0 Å². The lowest BCUT2D eigenvalue weighted by Gasteiger charge is -1.99. The summed E-state index contributed by atoms with van der Waals surface area (Å²) in [7, 11) is 0. The van der Waals surface area contributed by atoms with Crippen molar-refractivity contribution in [1.82, 2.24) is 5.32 Å². The van der Waals surface area contributed by atoms with Crippen LogP contribution in [0.1, 0.15) is 12.8 Å². The molecule has 0 aliphatic carbocycles. The van der Waals surface area contributed by atoms with Gasteiger partial charge in [0.05, 0.1) is 0 Å². The van der Waals surface area contributed by atoms with E-state index in [-0.39, 0.29) is 0 Å². The van der Waals surface area contributed by atoms with Gasteiger partial charge in [-0.05, 0) is 13.0 Å². The minimum Gasteiger partial charge on any atom is -0.312 e. The lowest BCUT2D eigenvalue weighted by atomic mass is 10.3. The fraction of sp³-hybridized carbons (Fsp3) is 0.500. The average molecular weight is 158 g/mol. The molecule has 0 spiro atoms. The van der Waals surface area contributed by atoms with E-state index in [1.165, 1.54) is 0 Å². The molecule has 0 saturated heterocycles. The summed E-state index contributed by atoms with van der Waals surface area (Å²) in [5, 5.41) is 3.73. The number of halogens is 1. The Morgan fingerprint density at radius 3 is 2.90 bits per heavy atom. The molecule has 0 bridgehead atoms. The van der Waals surface area contributed by atoms with Crippen molar-refractivity contribution < 1.29 is 0 Å². The Balaban J connectivity index is 2.92. The number of hydrogen-bond acceptors (Lipinski definition) is 1. The van der Waals surface area contributed by atoms with Crippen LogP contribution in [0.5, 0.6) is 0 Å². The third-order valence-corrected chi connectivity index (χ3v) is 1.13. The van der Waals surface area contributed by atoms with E-state index in [0.717, 1.165) is 19.4 Å². The maximum absolute atomic E-state index is 5.49.